The summed E-state index contributed by atoms with van der Waals surface area (Å²) >= 11 is 6.13. The normalized spacial score (nSPS) is 10.2. The highest BCUT2D eigenvalue weighted by atomic mass is 79.9. The van der Waals surface area contributed by atoms with Gasteiger partial charge in [-0.3, -0.25) is 0 Å². The van der Waals surface area contributed by atoms with Crippen LogP contribution in [-0.4, -0.2) is 5.11 Å². The zero-order valence-corrected chi connectivity index (χ0v) is 8.61. The van der Waals surface area contributed by atoms with E-state index in [2.05, 4.69) is 31.9 Å². The van der Waals surface area contributed by atoms with Crippen LogP contribution in [0, 0.1) is 5.82 Å². The van der Waals surface area contributed by atoms with E-state index in [0.29, 0.717) is 8.95 Å². The van der Waals surface area contributed by atoms with E-state index >= 15 is 0 Å². The summed E-state index contributed by atoms with van der Waals surface area (Å²) in [6.07, 6.45) is 0. The third-order valence-corrected chi connectivity index (χ3v) is 2.65. The molecule has 1 nitrogen and oxygen atoms in total. The molecule has 0 aliphatic rings. The molecule has 0 amide bonds. The van der Waals surface area contributed by atoms with E-state index in [9.17, 15) is 4.39 Å². The van der Waals surface area contributed by atoms with Crippen LogP contribution in [0.4, 0.5) is 4.39 Å². The van der Waals surface area contributed by atoms with E-state index in [1.165, 1.54) is 0 Å². The third-order valence-electron chi connectivity index (χ3n) is 1.30. The predicted octanol–water partition coefficient (Wildman–Crippen LogP) is 2.84. The average Bonchev–Trinajstić information content (AvgIpc) is 1.99. The zero-order chi connectivity index (χ0) is 8.43. The minimum absolute atomic E-state index is 0.277. The van der Waals surface area contributed by atoms with Gasteiger partial charge in [-0.1, -0.05) is 15.9 Å². The number of rotatable bonds is 1. The summed E-state index contributed by atoms with van der Waals surface area (Å²) in [7, 11) is 0. The Kier molecular flexibility index (Phi) is 3.04. The van der Waals surface area contributed by atoms with Gasteiger partial charge >= 0.3 is 0 Å². The highest BCUT2D eigenvalue weighted by molar-refractivity contribution is 9.11. The fraction of sp³-hybridized carbons (Fsp3) is 0.143. The summed E-state index contributed by atoms with van der Waals surface area (Å²) in [5.41, 5.74) is 0.277. The van der Waals surface area contributed by atoms with Crippen LogP contribution in [-0.2, 0) is 6.61 Å². The minimum atomic E-state index is -0.415. The molecular weight excluding hydrogens is 279 g/mol. The van der Waals surface area contributed by atoms with E-state index < -0.39 is 5.82 Å². The van der Waals surface area contributed by atoms with Crippen molar-refractivity contribution in [1.82, 2.24) is 0 Å². The fourth-order valence-electron chi connectivity index (χ4n) is 0.714. The molecule has 0 bridgehead atoms. The first-order valence-corrected chi connectivity index (χ1v) is 4.48. The van der Waals surface area contributed by atoms with Crippen LogP contribution < -0.4 is 0 Å². The number of benzene rings is 1. The molecule has 0 fully saturated rings. The van der Waals surface area contributed by atoms with Crippen molar-refractivity contribution in [1.29, 1.82) is 0 Å². The van der Waals surface area contributed by atoms with E-state index in [-0.39, 0.29) is 12.2 Å². The largest absolute Gasteiger partial charge is 0.392 e. The molecule has 0 atom stereocenters. The summed E-state index contributed by atoms with van der Waals surface area (Å²) in [6.45, 7) is -0.300. The lowest BCUT2D eigenvalue weighted by Gasteiger charge is -2.02. The molecule has 0 heterocycles. The Morgan fingerprint density at radius 2 is 1.82 bits per heavy atom. The van der Waals surface area contributed by atoms with E-state index in [4.69, 9.17) is 5.11 Å². The maximum absolute atomic E-state index is 13.0. The Hall–Kier alpha value is 0.0700. The molecule has 0 aliphatic carbocycles. The van der Waals surface area contributed by atoms with Gasteiger partial charge < -0.3 is 5.11 Å². The van der Waals surface area contributed by atoms with Crippen molar-refractivity contribution >= 4 is 31.9 Å². The molecule has 0 aliphatic heterocycles. The molecule has 1 N–H and O–H groups in total. The van der Waals surface area contributed by atoms with Gasteiger partial charge in [0.15, 0.2) is 0 Å². The first-order valence-electron chi connectivity index (χ1n) is 2.90. The molecule has 0 saturated carbocycles. The van der Waals surface area contributed by atoms with Gasteiger partial charge in [0.1, 0.15) is 5.82 Å². The van der Waals surface area contributed by atoms with Crippen LogP contribution in [0.3, 0.4) is 0 Å². The van der Waals surface area contributed by atoms with Crippen LogP contribution in [0.5, 0.6) is 0 Å². The molecule has 0 saturated heterocycles. The van der Waals surface area contributed by atoms with Crippen molar-refractivity contribution < 1.29 is 9.50 Å². The minimum Gasteiger partial charge on any atom is -0.392 e. The van der Waals surface area contributed by atoms with Crippen LogP contribution in [0.1, 0.15) is 5.56 Å². The predicted molar refractivity (Wildman–Crippen MR) is 47.7 cm³/mol. The first-order chi connectivity index (χ1) is 5.16. The summed E-state index contributed by atoms with van der Waals surface area (Å²) in [4.78, 5) is 0. The molecule has 0 unspecified atom stereocenters. The van der Waals surface area contributed by atoms with E-state index in [1.807, 2.05) is 0 Å². The SMILES string of the molecule is OCc1c(Br)ccc(Br)c1F. The maximum Gasteiger partial charge on any atom is 0.144 e. The first kappa shape index (κ1) is 9.16. The van der Waals surface area contributed by atoms with Gasteiger partial charge in [0.2, 0.25) is 0 Å². The Morgan fingerprint density at radius 3 is 2.27 bits per heavy atom. The molecule has 1 aromatic carbocycles. The number of aliphatic hydroxyl groups excluding tert-OH is 1. The van der Waals surface area contributed by atoms with Crippen molar-refractivity contribution in [2.75, 3.05) is 0 Å². The van der Waals surface area contributed by atoms with Gasteiger partial charge in [0.05, 0.1) is 11.1 Å². The van der Waals surface area contributed by atoms with Crippen molar-refractivity contribution in [3.05, 3.63) is 32.5 Å². The molecule has 60 valence electrons. The molecule has 4 heteroatoms. The number of aliphatic hydroxyl groups is 1. The van der Waals surface area contributed by atoms with Gasteiger partial charge in [0.25, 0.3) is 0 Å². The summed E-state index contributed by atoms with van der Waals surface area (Å²) in [5, 5.41) is 8.73. The number of halogens is 3. The van der Waals surface area contributed by atoms with E-state index in [1.54, 1.807) is 12.1 Å². The molecule has 0 radical (unpaired) electrons. The quantitative estimate of drug-likeness (QED) is 0.786. The Labute approximate surface area is 80.5 Å². The summed E-state index contributed by atoms with van der Waals surface area (Å²) < 4.78 is 14.0. The second kappa shape index (κ2) is 3.65. The van der Waals surface area contributed by atoms with Gasteiger partial charge in [-0.2, -0.15) is 0 Å². The Balaban J connectivity index is 3.29. The lowest BCUT2D eigenvalue weighted by atomic mass is 10.2. The van der Waals surface area contributed by atoms with Gasteiger partial charge in [-0.05, 0) is 28.1 Å². The molecule has 11 heavy (non-hydrogen) atoms. The van der Waals surface area contributed by atoms with Crippen LogP contribution in [0.15, 0.2) is 21.1 Å². The standard InChI is InChI=1S/C7H5Br2FO/c8-5-1-2-6(9)7(10)4(5)3-11/h1-2,11H,3H2. The van der Waals surface area contributed by atoms with Crippen LogP contribution in [0.25, 0.3) is 0 Å². The highest BCUT2D eigenvalue weighted by Crippen LogP contribution is 2.25. The molecule has 1 rings (SSSR count). The lowest BCUT2D eigenvalue weighted by molar-refractivity contribution is 0.274. The monoisotopic (exact) mass is 282 g/mol. The van der Waals surface area contributed by atoms with Crippen molar-refractivity contribution in [2.45, 2.75) is 6.61 Å². The topological polar surface area (TPSA) is 20.2 Å². The third kappa shape index (κ3) is 1.80. The number of hydrogen-bond acceptors (Lipinski definition) is 1. The Morgan fingerprint density at radius 1 is 1.27 bits per heavy atom. The maximum atomic E-state index is 13.0. The second-order valence-electron chi connectivity index (χ2n) is 1.98. The van der Waals surface area contributed by atoms with Crippen molar-refractivity contribution in [3.8, 4) is 0 Å². The lowest BCUT2D eigenvalue weighted by Crippen LogP contribution is -1.91. The molecule has 1 aromatic rings. The van der Waals surface area contributed by atoms with Crippen molar-refractivity contribution in [2.24, 2.45) is 0 Å². The molecule has 0 aromatic heterocycles. The van der Waals surface area contributed by atoms with Gasteiger partial charge in [-0.15, -0.1) is 0 Å². The average molecular weight is 284 g/mol. The second-order valence-corrected chi connectivity index (χ2v) is 3.69. The summed E-state index contributed by atoms with van der Waals surface area (Å²) in [6, 6.07) is 3.26. The Bertz CT molecular complexity index is 275. The molecule has 0 spiro atoms. The molecular formula is C7H5Br2FO. The smallest absolute Gasteiger partial charge is 0.144 e. The zero-order valence-electron chi connectivity index (χ0n) is 5.44. The fourth-order valence-corrected chi connectivity index (χ4v) is 1.52. The summed E-state index contributed by atoms with van der Waals surface area (Å²) in [5.74, 6) is -0.415. The van der Waals surface area contributed by atoms with Gasteiger partial charge in [-0.25, -0.2) is 4.39 Å². The van der Waals surface area contributed by atoms with Crippen LogP contribution >= 0.6 is 31.9 Å². The highest BCUT2D eigenvalue weighted by Gasteiger charge is 2.08. The van der Waals surface area contributed by atoms with Gasteiger partial charge in [0, 0.05) is 10.0 Å². The van der Waals surface area contributed by atoms with Crippen molar-refractivity contribution in [3.63, 3.8) is 0 Å². The number of hydrogen-bond donors (Lipinski definition) is 1. The van der Waals surface area contributed by atoms with E-state index in [0.717, 1.165) is 0 Å². The van der Waals surface area contributed by atoms with Crippen LogP contribution in [0.2, 0.25) is 0 Å².